The van der Waals surface area contributed by atoms with Crippen LogP contribution in [0.25, 0.3) is 0 Å². The molecular weight excluding hydrogens is 274 g/mol. The van der Waals surface area contributed by atoms with Crippen molar-refractivity contribution in [3.63, 3.8) is 0 Å². The van der Waals surface area contributed by atoms with Gasteiger partial charge >= 0.3 is 0 Å². The van der Waals surface area contributed by atoms with Crippen LogP contribution in [0.4, 0.5) is 5.69 Å². The molecule has 0 aliphatic carbocycles. The Kier molecular flexibility index (Phi) is 4.03. The van der Waals surface area contributed by atoms with Gasteiger partial charge in [0, 0.05) is 17.8 Å². The maximum absolute atomic E-state index is 12.1. The van der Waals surface area contributed by atoms with Crippen molar-refractivity contribution in [1.82, 2.24) is 4.98 Å². The van der Waals surface area contributed by atoms with Crippen molar-refractivity contribution in [3.8, 4) is 5.75 Å². The van der Waals surface area contributed by atoms with Crippen LogP contribution < -0.4 is 21.3 Å². The third-order valence-electron chi connectivity index (χ3n) is 2.78. The zero-order valence-corrected chi connectivity index (χ0v) is 11.2. The lowest BCUT2D eigenvalue weighted by Crippen LogP contribution is -2.16. The van der Waals surface area contributed by atoms with E-state index < -0.39 is 11.8 Å². The summed E-state index contributed by atoms with van der Waals surface area (Å²) >= 11 is 0. The SMILES string of the molecule is COc1ccc(C(N)=O)cc1NC(=O)c1ccc(=O)[nH]c1. The quantitative estimate of drug-likeness (QED) is 0.769. The number of primary amides is 1. The molecular formula is C14H13N3O4. The predicted molar refractivity (Wildman–Crippen MR) is 76.5 cm³/mol. The van der Waals surface area contributed by atoms with Gasteiger partial charge in [-0.25, -0.2) is 0 Å². The van der Waals surface area contributed by atoms with E-state index in [0.717, 1.165) is 0 Å². The zero-order chi connectivity index (χ0) is 15.4. The molecule has 4 N–H and O–H groups in total. The van der Waals surface area contributed by atoms with Crippen molar-refractivity contribution in [2.24, 2.45) is 5.73 Å². The molecule has 21 heavy (non-hydrogen) atoms. The van der Waals surface area contributed by atoms with E-state index in [-0.39, 0.29) is 16.7 Å². The fourth-order valence-corrected chi connectivity index (χ4v) is 1.71. The maximum atomic E-state index is 12.1. The molecule has 0 saturated carbocycles. The van der Waals surface area contributed by atoms with Crippen LogP contribution in [0.3, 0.4) is 0 Å². The van der Waals surface area contributed by atoms with E-state index in [4.69, 9.17) is 10.5 Å². The van der Waals surface area contributed by atoms with Crippen LogP contribution in [0.5, 0.6) is 5.75 Å². The number of aromatic nitrogens is 1. The molecule has 7 heteroatoms. The smallest absolute Gasteiger partial charge is 0.257 e. The molecule has 108 valence electrons. The lowest BCUT2D eigenvalue weighted by atomic mass is 10.1. The maximum Gasteiger partial charge on any atom is 0.257 e. The minimum Gasteiger partial charge on any atom is -0.495 e. The molecule has 0 saturated heterocycles. The lowest BCUT2D eigenvalue weighted by Gasteiger charge is -2.11. The van der Waals surface area contributed by atoms with Crippen molar-refractivity contribution >= 4 is 17.5 Å². The van der Waals surface area contributed by atoms with E-state index in [1.54, 1.807) is 0 Å². The summed E-state index contributed by atoms with van der Waals surface area (Å²) in [6, 6.07) is 7.08. The number of methoxy groups -OCH3 is 1. The number of H-pyrrole nitrogens is 1. The van der Waals surface area contributed by atoms with Gasteiger partial charge in [0.05, 0.1) is 18.4 Å². The number of ether oxygens (including phenoxy) is 1. The van der Waals surface area contributed by atoms with E-state index >= 15 is 0 Å². The van der Waals surface area contributed by atoms with E-state index in [9.17, 15) is 14.4 Å². The highest BCUT2D eigenvalue weighted by atomic mass is 16.5. The van der Waals surface area contributed by atoms with Crippen LogP contribution in [-0.4, -0.2) is 23.9 Å². The molecule has 0 aliphatic heterocycles. The number of anilines is 1. The first-order valence-electron chi connectivity index (χ1n) is 5.99. The highest BCUT2D eigenvalue weighted by Gasteiger charge is 2.12. The predicted octanol–water partition coefficient (Wildman–Crippen LogP) is 0.735. The van der Waals surface area contributed by atoms with E-state index in [0.29, 0.717) is 11.4 Å². The van der Waals surface area contributed by atoms with Crippen LogP contribution >= 0.6 is 0 Å². The van der Waals surface area contributed by atoms with E-state index in [1.807, 2.05) is 0 Å². The summed E-state index contributed by atoms with van der Waals surface area (Å²) in [6.07, 6.45) is 1.29. The van der Waals surface area contributed by atoms with Crippen LogP contribution in [0, 0.1) is 0 Å². The Morgan fingerprint density at radius 1 is 1.19 bits per heavy atom. The van der Waals surface area contributed by atoms with Gasteiger partial charge in [0.25, 0.3) is 5.91 Å². The van der Waals surface area contributed by atoms with Crippen molar-refractivity contribution in [2.45, 2.75) is 0 Å². The summed E-state index contributed by atoms with van der Waals surface area (Å²) in [4.78, 5) is 36.6. The van der Waals surface area contributed by atoms with Gasteiger partial charge in [0.1, 0.15) is 5.75 Å². The number of carbonyl (C=O) groups excluding carboxylic acids is 2. The summed E-state index contributed by atoms with van der Waals surface area (Å²) in [6.45, 7) is 0. The van der Waals surface area contributed by atoms with Gasteiger partial charge in [-0.15, -0.1) is 0 Å². The molecule has 2 rings (SSSR count). The molecule has 0 unspecified atom stereocenters. The number of pyridine rings is 1. The van der Waals surface area contributed by atoms with Crippen molar-refractivity contribution < 1.29 is 14.3 Å². The van der Waals surface area contributed by atoms with Crippen LogP contribution in [0.2, 0.25) is 0 Å². The molecule has 2 aromatic rings. The minimum atomic E-state index is -0.614. The van der Waals surface area contributed by atoms with Crippen molar-refractivity contribution in [2.75, 3.05) is 12.4 Å². The highest BCUT2D eigenvalue weighted by Crippen LogP contribution is 2.25. The topological polar surface area (TPSA) is 114 Å². The summed E-state index contributed by atoms with van der Waals surface area (Å²) in [7, 11) is 1.44. The first-order valence-corrected chi connectivity index (χ1v) is 5.99. The van der Waals surface area contributed by atoms with Crippen LogP contribution in [0.1, 0.15) is 20.7 Å². The Bertz CT molecular complexity index is 732. The van der Waals surface area contributed by atoms with Crippen LogP contribution in [-0.2, 0) is 0 Å². The van der Waals surface area contributed by atoms with Gasteiger partial charge in [-0.05, 0) is 24.3 Å². The van der Waals surface area contributed by atoms with Gasteiger partial charge in [0.15, 0.2) is 0 Å². The molecule has 0 atom stereocenters. The zero-order valence-electron chi connectivity index (χ0n) is 11.2. The van der Waals surface area contributed by atoms with Crippen molar-refractivity contribution in [3.05, 3.63) is 58.0 Å². The number of hydrogen-bond acceptors (Lipinski definition) is 4. The van der Waals surface area contributed by atoms with E-state index in [2.05, 4.69) is 10.3 Å². The van der Waals surface area contributed by atoms with Gasteiger partial charge in [-0.3, -0.25) is 14.4 Å². The fourth-order valence-electron chi connectivity index (χ4n) is 1.71. The molecule has 7 nitrogen and oxygen atoms in total. The molecule has 0 spiro atoms. The van der Waals surface area contributed by atoms with Gasteiger partial charge in [0.2, 0.25) is 11.5 Å². The number of aromatic amines is 1. The molecule has 0 aliphatic rings. The normalized spacial score (nSPS) is 9.95. The summed E-state index contributed by atoms with van der Waals surface area (Å²) in [5.74, 6) is -0.680. The fraction of sp³-hybridized carbons (Fsp3) is 0.0714. The number of benzene rings is 1. The number of carbonyl (C=O) groups is 2. The minimum absolute atomic E-state index is 0.243. The average molecular weight is 287 g/mol. The van der Waals surface area contributed by atoms with Gasteiger partial charge in [-0.1, -0.05) is 0 Å². The number of amides is 2. The monoisotopic (exact) mass is 287 g/mol. The molecule has 0 fully saturated rings. The van der Waals surface area contributed by atoms with Gasteiger partial charge < -0.3 is 20.8 Å². The Labute approximate surface area is 119 Å². The second kappa shape index (κ2) is 5.91. The van der Waals surface area contributed by atoms with E-state index in [1.165, 1.54) is 43.6 Å². The number of nitrogens with one attached hydrogen (secondary N) is 2. The Balaban J connectivity index is 2.31. The van der Waals surface area contributed by atoms with Crippen molar-refractivity contribution in [1.29, 1.82) is 0 Å². The first-order chi connectivity index (χ1) is 10.0. The second-order valence-corrected chi connectivity index (χ2v) is 4.18. The molecule has 1 aromatic carbocycles. The summed E-state index contributed by atoms with van der Waals surface area (Å²) in [5.41, 5.74) is 5.71. The Hall–Kier alpha value is -3.09. The molecule has 1 heterocycles. The number of nitrogens with two attached hydrogens (primary N) is 1. The summed E-state index contributed by atoms with van der Waals surface area (Å²) in [5, 5.41) is 2.60. The first kappa shape index (κ1) is 14.3. The lowest BCUT2D eigenvalue weighted by molar-refractivity contribution is 0.0996. The second-order valence-electron chi connectivity index (χ2n) is 4.18. The number of hydrogen-bond donors (Lipinski definition) is 3. The Morgan fingerprint density at radius 2 is 1.90 bits per heavy atom. The third-order valence-corrected chi connectivity index (χ3v) is 2.78. The highest BCUT2D eigenvalue weighted by molar-refractivity contribution is 6.05. The molecule has 2 amide bonds. The number of rotatable bonds is 4. The Morgan fingerprint density at radius 3 is 2.48 bits per heavy atom. The molecule has 0 radical (unpaired) electrons. The molecule has 0 bridgehead atoms. The van der Waals surface area contributed by atoms with Crippen LogP contribution in [0.15, 0.2) is 41.3 Å². The molecule has 1 aromatic heterocycles. The average Bonchev–Trinajstić information content (AvgIpc) is 2.47. The summed E-state index contributed by atoms with van der Waals surface area (Å²) < 4.78 is 5.11. The standard InChI is InChI=1S/C14H13N3O4/c1-21-11-4-2-8(13(15)19)6-10(11)17-14(20)9-3-5-12(18)16-7-9/h2-7H,1H3,(H2,15,19)(H,16,18)(H,17,20). The largest absolute Gasteiger partial charge is 0.495 e. The third kappa shape index (κ3) is 3.27. The van der Waals surface area contributed by atoms with Gasteiger partial charge in [-0.2, -0.15) is 0 Å².